The molecule has 0 heterocycles. The van der Waals surface area contributed by atoms with E-state index >= 15 is 0 Å². The van der Waals surface area contributed by atoms with Crippen molar-refractivity contribution in [3.05, 3.63) is 35.9 Å². The highest BCUT2D eigenvalue weighted by Gasteiger charge is 2.75. The van der Waals surface area contributed by atoms with Crippen LogP contribution in [0, 0.1) is 10.8 Å². The van der Waals surface area contributed by atoms with Gasteiger partial charge in [-0.25, -0.2) is 0 Å². The molecule has 1 amide bonds. The number of carboxylic acid groups (broad SMARTS) is 1. The van der Waals surface area contributed by atoms with Crippen molar-refractivity contribution in [2.45, 2.75) is 37.6 Å². The quantitative estimate of drug-likeness (QED) is 0.880. The summed E-state index contributed by atoms with van der Waals surface area (Å²) in [5, 5.41) is 12.3. The Morgan fingerprint density at radius 1 is 1.00 bits per heavy atom. The first-order chi connectivity index (χ1) is 9.50. The van der Waals surface area contributed by atoms with Gasteiger partial charge in [-0.1, -0.05) is 30.3 Å². The van der Waals surface area contributed by atoms with Crippen LogP contribution in [0.1, 0.15) is 37.7 Å². The molecule has 0 aromatic heterocycles. The van der Waals surface area contributed by atoms with Gasteiger partial charge in [-0.3, -0.25) is 9.59 Å². The number of hydrogen-bond acceptors (Lipinski definition) is 2. The Morgan fingerprint density at radius 3 is 2.10 bits per heavy atom. The van der Waals surface area contributed by atoms with E-state index in [4.69, 9.17) is 5.11 Å². The number of amides is 1. The van der Waals surface area contributed by atoms with Crippen LogP contribution in [0.5, 0.6) is 0 Å². The molecule has 0 spiro atoms. The van der Waals surface area contributed by atoms with Gasteiger partial charge in [0.2, 0.25) is 5.91 Å². The number of carbonyl (C=O) groups is 2. The highest BCUT2D eigenvalue weighted by Crippen LogP contribution is 2.73. The van der Waals surface area contributed by atoms with Gasteiger partial charge < -0.3 is 10.4 Å². The molecule has 4 saturated carbocycles. The first-order valence-corrected chi connectivity index (χ1v) is 7.12. The predicted molar refractivity (Wildman–Crippen MR) is 71.8 cm³/mol. The van der Waals surface area contributed by atoms with E-state index in [1.165, 1.54) is 0 Å². The van der Waals surface area contributed by atoms with Gasteiger partial charge in [-0.05, 0) is 37.7 Å². The second-order valence-electron chi connectivity index (χ2n) is 6.80. The molecule has 0 unspecified atom stereocenters. The molecular formula is C16H17NO3. The molecule has 104 valence electrons. The van der Waals surface area contributed by atoms with Crippen molar-refractivity contribution in [2.75, 3.05) is 0 Å². The summed E-state index contributed by atoms with van der Waals surface area (Å²) in [5.41, 5.74) is 0.00108. The number of benzene rings is 1. The molecule has 4 fully saturated rings. The fourth-order valence-electron chi connectivity index (χ4n) is 3.97. The zero-order valence-corrected chi connectivity index (χ0v) is 11.2. The van der Waals surface area contributed by atoms with E-state index in [9.17, 15) is 9.59 Å². The van der Waals surface area contributed by atoms with Crippen molar-refractivity contribution >= 4 is 11.9 Å². The van der Waals surface area contributed by atoms with Crippen molar-refractivity contribution in [2.24, 2.45) is 10.8 Å². The van der Waals surface area contributed by atoms with Crippen molar-refractivity contribution in [3.63, 3.8) is 0 Å². The highest BCUT2D eigenvalue weighted by molar-refractivity contribution is 5.93. The lowest BCUT2D eigenvalue weighted by molar-refractivity contribution is -0.221. The van der Waals surface area contributed by atoms with E-state index in [2.05, 4.69) is 5.32 Å². The second-order valence-corrected chi connectivity index (χ2v) is 6.80. The maximum atomic E-state index is 12.5. The van der Waals surface area contributed by atoms with Crippen molar-refractivity contribution < 1.29 is 14.7 Å². The van der Waals surface area contributed by atoms with Gasteiger partial charge in [-0.15, -0.1) is 0 Å². The van der Waals surface area contributed by atoms with Crippen LogP contribution >= 0.6 is 0 Å². The zero-order valence-electron chi connectivity index (χ0n) is 11.2. The predicted octanol–water partition coefficient (Wildman–Crippen LogP) is 2.05. The summed E-state index contributed by atoms with van der Waals surface area (Å²) in [6.45, 7) is 0. The van der Waals surface area contributed by atoms with Gasteiger partial charge in [0.15, 0.2) is 0 Å². The Bertz CT molecular complexity index is 584. The summed E-state index contributed by atoms with van der Waals surface area (Å²) in [6.07, 6.45) is 3.51. The highest BCUT2D eigenvalue weighted by atomic mass is 16.4. The van der Waals surface area contributed by atoms with E-state index < -0.39 is 11.4 Å². The van der Waals surface area contributed by atoms with Crippen LogP contribution in [-0.2, 0) is 15.1 Å². The van der Waals surface area contributed by atoms with Gasteiger partial charge in [0.25, 0.3) is 0 Å². The lowest BCUT2D eigenvalue weighted by Gasteiger charge is -2.66. The van der Waals surface area contributed by atoms with E-state index in [1.54, 1.807) is 0 Å². The molecule has 0 radical (unpaired) electrons. The van der Waals surface area contributed by atoms with Gasteiger partial charge in [0, 0.05) is 0 Å². The molecule has 4 nitrogen and oxygen atoms in total. The second kappa shape index (κ2) is 3.43. The van der Waals surface area contributed by atoms with Crippen LogP contribution in [-0.4, -0.2) is 17.0 Å². The van der Waals surface area contributed by atoms with Gasteiger partial charge >= 0.3 is 5.97 Å². The molecule has 5 rings (SSSR count). The summed E-state index contributed by atoms with van der Waals surface area (Å²) in [5.74, 6) is -0.682. The summed E-state index contributed by atoms with van der Waals surface area (Å²) < 4.78 is 0. The summed E-state index contributed by atoms with van der Waals surface area (Å²) in [4.78, 5) is 23.6. The van der Waals surface area contributed by atoms with Crippen LogP contribution in [0.2, 0.25) is 0 Å². The van der Waals surface area contributed by atoms with Crippen molar-refractivity contribution in [1.29, 1.82) is 0 Å². The smallest absolute Gasteiger partial charge is 0.309 e. The third-order valence-electron chi connectivity index (χ3n) is 5.39. The number of hydrogen-bond donors (Lipinski definition) is 2. The average Bonchev–Trinajstić information content (AvgIpc) is 3.07. The van der Waals surface area contributed by atoms with Crippen LogP contribution in [0.25, 0.3) is 0 Å². The standard InChI is InChI=1S/C16H17NO3/c18-12(14-8-15(9-14,10-14)13(19)20)17-16(6-7-16)11-4-2-1-3-5-11/h1-5H,6-10H2,(H,17,18)(H,19,20). The molecule has 20 heavy (non-hydrogen) atoms. The van der Waals surface area contributed by atoms with Crippen LogP contribution in [0.15, 0.2) is 30.3 Å². The van der Waals surface area contributed by atoms with Crippen LogP contribution < -0.4 is 5.32 Å². The first-order valence-electron chi connectivity index (χ1n) is 7.12. The SMILES string of the molecule is O=C(O)C12CC(C(=O)NC3(c4ccccc4)CC3)(C1)C2. The Labute approximate surface area is 117 Å². The van der Waals surface area contributed by atoms with Gasteiger partial charge in [0.1, 0.15) is 0 Å². The Kier molecular flexibility index (Phi) is 2.05. The number of carboxylic acids is 1. The Morgan fingerprint density at radius 2 is 1.60 bits per heavy atom. The fourth-order valence-corrected chi connectivity index (χ4v) is 3.97. The van der Waals surface area contributed by atoms with Crippen molar-refractivity contribution in [3.8, 4) is 0 Å². The summed E-state index contributed by atoms with van der Waals surface area (Å²) >= 11 is 0. The topological polar surface area (TPSA) is 66.4 Å². The third kappa shape index (κ3) is 1.37. The average molecular weight is 271 g/mol. The minimum Gasteiger partial charge on any atom is -0.481 e. The largest absolute Gasteiger partial charge is 0.481 e. The summed E-state index contributed by atoms with van der Waals surface area (Å²) in [6, 6.07) is 10.0. The lowest BCUT2D eigenvalue weighted by Crippen LogP contribution is -2.71. The van der Waals surface area contributed by atoms with Crippen LogP contribution in [0.4, 0.5) is 0 Å². The monoisotopic (exact) mass is 271 g/mol. The minimum atomic E-state index is -0.739. The molecular weight excluding hydrogens is 254 g/mol. The van der Waals surface area contributed by atoms with E-state index in [0.29, 0.717) is 19.3 Å². The van der Waals surface area contributed by atoms with E-state index in [1.807, 2.05) is 30.3 Å². The maximum Gasteiger partial charge on any atom is 0.309 e. The lowest BCUT2D eigenvalue weighted by atomic mass is 9.35. The molecule has 1 aromatic rings. The number of carbonyl (C=O) groups excluding carboxylic acids is 1. The molecule has 4 aliphatic carbocycles. The molecule has 2 N–H and O–H groups in total. The molecule has 4 aliphatic rings. The fraction of sp³-hybridized carbons (Fsp3) is 0.500. The molecule has 0 atom stereocenters. The molecule has 4 heteroatoms. The summed E-state index contributed by atoms with van der Waals surface area (Å²) in [7, 11) is 0. The normalized spacial score (nSPS) is 35.4. The molecule has 2 bridgehead atoms. The van der Waals surface area contributed by atoms with Crippen molar-refractivity contribution in [1.82, 2.24) is 5.32 Å². The Balaban J connectivity index is 1.47. The minimum absolute atomic E-state index is 0.0574. The number of rotatable bonds is 4. The Hall–Kier alpha value is -1.84. The zero-order chi connectivity index (χ0) is 14.0. The van der Waals surface area contributed by atoms with Gasteiger partial charge in [0.05, 0.1) is 16.4 Å². The van der Waals surface area contributed by atoms with E-state index in [-0.39, 0.29) is 16.9 Å². The number of nitrogens with one attached hydrogen (secondary N) is 1. The van der Waals surface area contributed by atoms with Gasteiger partial charge in [-0.2, -0.15) is 0 Å². The maximum absolute atomic E-state index is 12.5. The molecule has 0 saturated heterocycles. The first kappa shape index (κ1) is 11.9. The van der Waals surface area contributed by atoms with Crippen LogP contribution in [0.3, 0.4) is 0 Å². The third-order valence-corrected chi connectivity index (χ3v) is 5.39. The number of aliphatic carboxylic acids is 1. The van der Waals surface area contributed by atoms with E-state index in [0.717, 1.165) is 18.4 Å². The molecule has 0 aliphatic heterocycles. The molecule has 1 aromatic carbocycles.